The van der Waals surface area contributed by atoms with E-state index in [9.17, 15) is 0 Å². The molecule has 0 aliphatic carbocycles. The highest BCUT2D eigenvalue weighted by atomic mass is 35.5. The van der Waals surface area contributed by atoms with Gasteiger partial charge in [-0.15, -0.1) is 0 Å². The second kappa shape index (κ2) is 6.25. The Bertz CT molecular complexity index is 561. The maximum atomic E-state index is 6.17. The number of pyridine rings is 1. The minimum Gasteiger partial charge on any atom is -0.489 e. The highest BCUT2D eigenvalue weighted by Crippen LogP contribution is 2.21. The van der Waals surface area contributed by atoms with Crippen molar-refractivity contribution in [1.82, 2.24) is 9.88 Å². The van der Waals surface area contributed by atoms with Crippen LogP contribution in [0.2, 0.25) is 5.02 Å². The number of ether oxygens (including phenoxy) is 1. The number of hydrogen-bond acceptors (Lipinski definition) is 3. The number of halogens is 1. The van der Waals surface area contributed by atoms with Crippen LogP contribution in [0.5, 0.6) is 5.75 Å². The summed E-state index contributed by atoms with van der Waals surface area (Å²) in [4.78, 5) is 6.49. The van der Waals surface area contributed by atoms with E-state index in [1.54, 1.807) is 6.20 Å². The molecule has 1 aliphatic heterocycles. The van der Waals surface area contributed by atoms with Gasteiger partial charge in [-0.1, -0.05) is 29.8 Å². The van der Waals surface area contributed by atoms with Gasteiger partial charge in [0.15, 0.2) is 0 Å². The fourth-order valence-electron chi connectivity index (χ4n) is 2.50. The van der Waals surface area contributed by atoms with Gasteiger partial charge >= 0.3 is 0 Å². The van der Waals surface area contributed by atoms with Crippen LogP contribution < -0.4 is 4.74 Å². The van der Waals surface area contributed by atoms with Gasteiger partial charge in [0.05, 0.1) is 0 Å². The minimum atomic E-state index is 0.257. The highest BCUT2D eigenvalue weighted by molar-refractivity contribution is 6.31. The zero-order valence-electron chi connectivity index (χ0n) is 11.2. The van der Waals surface area contributed by atoms with Crippen LogP contribution in [0, 0.1) is 0 Å². The van der Waals surface area contributed by atoms with E-state index in [-0.39, 0.29) is 6.10 Å². The van der Waals surface area contributed by atoms with Gasteiger partial charge in [-0.3, -0.25) is 9.88 Å². The van der Waals surface area contributed by atoms with Crippen LogP contribution in [-0.4, -0.2) is 29.1 Å². The molecule has 0 spiro atoms. The molecule has 2 heterocycles. The normalized spacial score (nSPS) is 19.1. The smallest absolute Gasteiger partial charge is 0.119 e. The predicted molar refractivity (Wildman–Crippen MR) is 80.0 cm³/mol. The molecule has 4 heteroatoms. The van der Waals surface area contributed by atoms with Crippen molar-refractivity contribution in [3.8, 4) is 5.75 Å². The van der Waals surface area contributed by atoms with Crippen molar-refractivity contribution >= 4 is 11.6 Å². The summed E-state index contributed by atoms with van der Waals surface area (Å²) in [6.45, 7) is 2.80. The SMILES string of the molecule is Clc1ccncc1CN1CC[C@@H](Oc2ccccc2)C1. The van der Waals surface area contributed by atoms with Gasteiger partial charge in [0, 0.05) is 42.6 Å². The van der Waals surface area contributed by atoms with Crippen LogP contribution >= 0.6 is 11.6 Å². The van der Waals surface area contributed by atoms with Crippen LogP contribution in [0.3, 0.4) is 0 Å². The Morgan fingerprint density at radius 2 is 2.10 bits per heavy atom. The summed E-state index contributed by atoms with van der Waals surface area (Å²) in [5.41, 5.74) is 1.08. The molecule has 3 rings (SSSR count). The van der Waals surface area contributed by atoms with Crippen LogP contribution in [0.1, 0.15) is 12.0 Å². The van der Waals surface area contributed by atoms with Gasteiger partial charge in [0.25, 0.3) is 0 Å². The first-order valence-corrected chi connectivity index (χ1v) is 7.21. The molecule has 0 bridgehead atoms. The largest absolute Gasteiger partial charge is 0.489 e. The topological polar surface area (TPSA) is 25.4 Å². The van der Waals surface area contributed by atoms with E-state index in [1.165, 1.54) is 0 Å². The number of para-hydroxylation sites is 1. The van der Waals surface area contributed by atoms with Crippen LogP contribution in [0.4, 0.5) is 0 Å². The Hall–Kier alpha value is -1.58. The van der Waals surface area contributed by atoms with Gasteiger partial charge < -0.3 is 4.74 Å². The van der Waals surface area contributed by atoms with Crippen LogP contribution in [0.15, 0.2) is 48.8 Å². The fourth-order valence-corrected chi connectivity index (χ4v) is 2.66. The number of benzene rings is 1. The Morgan fingerprint density at radius 3 is 2.90 bits per heavy atom. The van der Waals surface area contributed by atoms with E-state index in [4.69, 9.17) is 16.3 Å². The summed E-state index contributed by atoms with van der Waals surface area (Å²) < 4.78 is 5.98. The zero-order chi connectivity index (χ0) is 13.8. The highest BCUT2D eigenvalue weighted by Gasteiger charge is 2.24. The molecule has 2 aromatic rings. The number of hydrogen-bond donors (Lipinski definition) is 0. The van der Waals surface area contributed by atoms with Crippen molar-refractivity contribution in [1.29, 1.82) is 0 Å². The van der Waals surface area contributed by atoms with Gasteiger partial charge in [-0.2, -0.15) is 0 Å². The first-order chi connectivity index (χ1) is 9.81. The molecule has 1 fully saturated rings. The molecule has 0 unspecified atom stereocenters. The average Bonchev–Trinajstić information content (AvgIpc) is 2.90. The lowest BCUT2D eigenvalue weighted by Gasteiger charge is -2.17. The lowest BCUT2D eigenvalue weighted by atomic mass is 10.2. The van der Waals surface area contributed by atoms with E-state index in [0.29, 0.717) is 0 Å². The third-order valence-electron chi connectivity index (χ3n) is 3.51. The second-order valence-electron chi connectivity index (χ2n) is 5.04. The predicted octanol–water partition coefficient (Wildman–Crippen LogP) is 3.39. The quantitative estimate of drug-likeness (QED) is 0.862. The second-order valence-corrected chi connectivity index (χ2v) is 5.45. The van der Waals surface area contributed by atoms with E-state index in [0.717, 1.165) is 42.4 Å². The Morgan fingerprint density at radius 1 is 1.25 bits per heavy atom. The molecule has 1 aliphatic rings. The Balaban J connectivity index is 1.56. The molecular formula is C16H17ClN2O. The van der Waals surface area contributed by atoms with E-state index < -0.39 is 0 Å². The first kappa shape index (κ1) is 13.4. The van der Waals surface area contributed by atoms with Gasteiger partial charge in [-0.25, -0.2) is 0 Å². The molecule has 0 radical (unpaired) electrons. The maximum absolute atomic E-state index is 6.17. The fraction of sp³-hybridized carbons (Fsp3) is 0.312. The maximum Gasteiger partial charge on any atom is 0.119 e. The van der Waals surface area contributed by atoms with Gasteiger partial charge in [0.1, 0.15) is 11.9 Å². The molecule has 1 atom stereocenters. The third-order valence-corrected chi connectivity index (χ3v) is 3.88. The lowest BCUT2D eigenvalue weighted by Crippen LogP contribution is -2.24. The number of nitrogens with zero attached hydrogens (tertiary/aromatic N) is 2. The van der Waals surface area contributed by atoms with E-state index in [1.807, 2.05) is 42.6 Å². The standard InChI is InChI=1S/C16H17ClN2O/c17-16-6-8-18-10-13(16)11-19-9-7-15(12-19)20-14-4-2-1-3-5-14/h1-6,8,10,15H,7,9,11-12H2/t15-/m1/s1. The molecular weight excluding hydrogens is 272 g/mol. The molecule has 3 nitrogen and oxygen atoms in total. The van der Waals surface area contributed by atoms with Crippen molar-refractivity contribution in [2.75, 3.05) is 13.1 Å². The van der Waals surface area contributed by atoms with Gasteiger partial charge in [0.2, 0.25) is 0 Å². The number of aromatic nitrogens is 1. The summed E-state index contributed by atoms with van der Waals surface area (Å²) in [6.07, 6.45) is 4.87. The van der Waals surface area contributed by atoms with Crippen molar-refractivity contribution in [3.05, 3.63) is 59.4 Å². The first-order valence-electron chi connectivity index (χ1n) is 6.84. The zero-order valence-corrected chi connectivity index (χ0v) is 12.0. The Labute approximate surface area is 124 Å². The molecule has 1 aromatic carbocycles. The van der Waals surface area contributed by atoms with Gasteiger partial charge in [-0.05, 0) is 24.6 Å². The molecule has 0 N–H and O–H groups in total. The summed E-state index contributed by atoms with van der Waals surface area (Å²) in [5.74, 6) is 0.943. The van der Waals surface area contributed by atoms with Crippen LogP contribution in [-0.2, 0) is 6.54 Å². The summed E-state index contributed by atoms with van der Waals surface area (Å²) in [5, 5.41) is 0.785. The van der Waals surface area contributed by atoms with Crippen molar-refractivity contribution in [2.45, 2.75) is 19.1 Å². The average molecular weight is 289 g/mol. The number of rotatable bonds is 4. The van der Waals surface area contributed by atoms with Crippen molar-refractivity contribution < 1.29 is 4.74 Å². The summed E-state index contributed by atoms with van der Waals surface area (Å²) in [7, 11) is 0. The minimum absolute atomic E-state index is 0.257. The molecule has 1 saturated heterocycles. The molecule has 1 aromatic heterocycles. The van der Waals surface area contributed by atoms with E-state index in [2.05, 4.69) is 9.88 Å². The Kier molecular flexibility index (Phi) is 4.19. The lowest BCUT2D eigenvalue weighted by molar-refractivity contribution is 0.198. The number of likely N-dealkylation sites (tertiary alicyclic amines) is 1. The molecule has 0 amide bonds. The van der Waals surface area contributed by atoms with Crippen molar-refractivity contribution in [3.63, 3.8) is 0 Å². The van der Waals surface area contributed by atoms with E-state index >= 15 is 0 Å². The van der Waals surface area contributed by atoms with Crippen molar-refractivity contribution in [2.24, 2.45) is 0 Å². The third kappa shape index (κ3) is 3.30. The molecule has 20 heavy (non-hydrogen) atoms. The molecule has 104 valence electrons. The summed E-state index contributed by atoms with van der Waals surface area (Å²) >= 11 is 6.17. The van der Waals surface area contributed by atoms with Crippen LogP contribution in [0.25, 0.3) is 0 Å². The monoisotopic (exact) mass is 288 g/mol. The molecule has 0 saturated carbocycles. The summed E-state index contributed by atoms with van der Waals surface area (Å²) in [6, 6.07) is 11.8.